The van der Waals surface area contributed by atoms with Gasteiger partial charge in [0.05, 0.1) is 12.3 Å². The number of nitrogens with zero attached hydrogens (tertiary/aromatic N) is 3. The van der Waals surface area contributed by atoms with Crippen molar-refractivity contribution in [2.45, 2.75) is 19.8 Å². The van der Waals surface area contributed by atoms with E-state index in [-0.39, 0.29) is 24.0 Å². The molecule has 0 radical (unpaired) electrons. The minimum atomic E-state index is 0.181. The Morgan fingerprint density at radius 3 is 3.10 bits per heavy atom. The second kappa shape index (κ2) is 6.44. The lowest BCUT2D eigenvalue weighted by atomic mass is 9.99. The van der Waals surface area contributed by atoms with Crippen LogP contribution in [0.3, 0.4) is 0 Å². The Balaban J connectivity index is 2.30. The van der Waals surface area contributed by atoms with Crippen LogP contribution in [0, 0.1) is 17.2 Å². The molecular formula is C14H20N4O2. The fourth-order valence-electron chi connectivity index (χ4n) is 2.46. The molecule has 1 aliphatic rings. The second-order valence-corrected chi connectivity index (χ2v) is 4.93. The summed E-state index contributed by atoms with van der Waals surface area (Å²) in [6.07, 6.45) is 2.04. The van der Waals surface area contributed by atoms with Gasteiger partial charge in [0.25, 0.3) is 0 Å². The van der Waals surface area contributed by atoms with Crippen LogP contribution in [-0.2, 0) is 0 Å². The molecule has 6 heteroatoms. The van der Waals surface area contributed by atoms with Crippen molar-refractivity contribution in [1.29, 1.82) is 5.26 Å². The first-order chi connectivity index (χ1) is 9.69. The number of piperidine rings is 1. The minimum absolute atomic E-state index is 0.181. The first-order valence-electron chi connectivity index (χ1n) is 6.88. The average molecular weight is 276 g/mol. The summed E-state index contributed by atoms with van der Waals surface area (Å²) in [7, 11) is 0. The standard InChI is InChI=1S/C14H20N4O2/c1-2-20-14-11(7-15)12(16)6-13(17-14)18-5-3-4-10(8-18)9-19/h6,10,19H,2-5,8-9H2,1H3,(H2,16,17). The van der Waals surface area contributed by atoms with E-state index < -0.39 is 0 Å². The van der Waals surface area contributed by atoms with Gasteiger partial charge in [0.1, 0.15) is 17.5 Å². The molecule has 108 valence electrons. The predicted molar refractivity (Wildman–Crippen MR) is 76.6 cm³/mol. The van der Waals surface area contributed by atoms with Crippen molar-refractivity contribution < 1.29 is 9.84 Å². The van der Waals surface area contributed by atoms with Crippen molar-refractivity contribution in [2.24, 2.45) is 5.92 Å². The number of aliphatic hydroxyl groups is 1. The number of rotatable bonds is 4. The van der Waals surface area contributed by atoms with Crippen LogP contribution in [0.25, 0.3) is 0 Å². The zero-order valence-electron chi connectivity index (χ0n) is 11.7. The summed E-state index contributed by atoms with van der Waals surface area (Å²) in [6.45, 7) is 4.08. The Labute approximate surface area is 118 Å². The second-order valence-electron chi connectivity index (χ2n) is 4.93. The molecule has 2 rings (SSSR count). The fourth-order valence-corrected chi connectivity index (χ4v) is 2.46. The summed E-state index contributed by atoms with van der Waals surface area (Å²) in [5.41, 5.74) is 6.58. The lowest BCUT2D eigenvalue weighted by molar-refractivity contribution is 0.208. The van der Waals surface area contributed by atoms with Crippen LogP contribution in [0.4, 0.5) is 11.5 Å². The zero-order valence-corrected chi connectivity index (χ0v) is 11.7. The third-order valence-corrected chi connectivity index (χ3v) is 3.50. The molecule has 1 fully saturated rings. The molecule has 3 N–H and O–H groups in total. The van der Waals surface area contributed by atoms with E-state index in [4.69, 9.17) is 15.7 Å². The first kappa shape index (κ1) is 14.4. The number of nitrogens with two attached hydrogens (primary N) is 1. The lowest BCUT2D eigenvalue weighted by Crippen LogP contribution is -2.37. The van der Waals surface area contributed by atoms with Gasteiger partial charge < -0.3 is 20.5 Å². The molecule has 1 aliphatic heterocycles. The molecule has 0 aliphatic carbocycles. The van der Waals surface area contributed by atoms with Crippen molar-refractivity contribution >= 4 is 11.5 Å². The van der Waals surface area contributed by atoms with Crippen LogP contribution in [0.15, 0.2) is 6.07 Å². The third kappa shape index (κ3) is 2.94. The number of hydrogen-bond acceptors (Lipinski definition) is 6. The fraction of sp³-hybridized carbons (Fsp3) is 0.571. The highest BCUT2D eigenvalue weighted by Gasteiger charge is 2.22. The number of aliphatic hydroxyl groups excluding tert-OH is 1. The Hall–Kier alpha value is -2.00. The average Bonchev–Trinajstić information content (AvgIpc) is 2.47. The van der Waals surface area contributed by atoms with Crippen LogP contribution in [-0.4, -0.2) is 36.4 Å². The van der Waals surface area contributed by atoms with Gasteiger partial charge >= 0.3 is 0 Å². The summed E-state index contributed by atoms with van der Waals surface area (Å²) < 4.78 is 5.40. The van der Waals surface area contributed by atoms with Gasteiger partial charge in [0.2, 0.25) is 5.88 Å². The number of hydrogen-bond donors (Lipinski definition) is 2. The SMILES string of the molecule is CCOc1nc(N2CCCC(CO)C2)cc(N)c1C#N. The summed E-state index contributed by atoms with van der Waals surface area (Å²) in [6, 6.07) is 3.74. The van der Waals surface area contributed by atoms with Crippen LogP contribution < -0.4 is 15.4 Å². The van der Waals surface area contributed by atoms with Crippen LogP contribution in [0.1, 0.15) is 25.3 Å². The number of aromatic nitrogens is 1. The van der Waals surface area contributed by atoms with E-state index in [0.29, 0.717) is 18.1 Å². The van der Waals surface area contributed by atoms with E-state index in [1.807, 2.05) is 13.0 Å². The monoisotopic (exact) mass is 276 g/mol. The molecular weight excluding hydrogens is 256 g/mol. The van der Waals surface area contributed by atoms with Gasteiger partial charge in [-0.15, -0.1) is 0 Å². The highest BCUT2D eigenvalue weighted by atomic mass is 16.5. The Morgan fingerprint density at radius 1 is 1.65 bits per heavy atom. The van der Waals surface area contributed by atoms with Crippen LogP contribution in [0.2, 0.25) is 0 Å². The molecule has 1 saturated heterocycles. The van der Waals surface area contributed by atoms with Crippen molar-refractivity contribution in [3.05, 3.63) is 11.6 Å². The highest BCUT2D eigenvalue weighted by molar-refractivity contribution is 5.64. The molecule has 0 saturated carbocycles. The topological polar surface area (TPSA) is 95.4 Å². The van der Waals surface area contributed by atoms with E-state index in [1.165, 1.54) is 0 Å². The van der Waals surface area contributed by atoms with Gasteiger partial charge in [-0.3, -0.25) is 0 Å². The molecule has 0 amide bonds. The van der Waals surface area contributed by atoms with E-state index >= 15 is 0 Å². The summed E-state index contributed by atoms with van der Waals surface area (Å²) in [4.78, 5) is 6.49. The van der Waals surface area contributed by atoms with Crippen molar-refractivity contribution in [2.75, 3.05) is 36.9 Å². The Bertz CT molecular complexity index is 513. The van der Waals surface area contributed by atoms with Crippen molar-refractivity contribution in [3.63, 3.8) is 0 Å². The van der Waals surface area contributed by atoms with Gasteiger partial charge in [-0.1, -0.05) is 0 Å². The predicted octanol–water partition coefficient (Wildman–Crippen LogP) is 1.14. The smallest absolute Gasteiger partial charge is 0.235 e. The van der Waals surface area contributed by atoms with Gasteiger partial charge in [-0.25, -0.2) is 0 Å². The minimum Gasteiger partial charge on any atom is -0.477 e. The molecule has 0 aromatic carbocycles. The molecule has 1 aromatic heterocycles. The number of nitrogen functional groups attached to an aromatic ring is 1. The molecule has 0 spiro atoms. The van der Waals surface area contributed by atoms with Gasteiger partial charge in [-0.2, -0.15) is 10.2 Å². The van der Waals surface area contributed by atoms with Crippen molar-refractivity contribution in [1.82, 2.24) is 4.98 Å². The number of pyridine rings is 1. The molecule has 6 nitrogen and oxygen atoms in total. The first-order valence-corrected chi connectivity index (χ1v) is 6.88. The largest absolute Gasteiger partial charge is 0.477 e. The maximum atomic E-state index is 9.29. The van der Waals surface area contributed by atoms with Gasteiger partial charge in [0, 0.05) is 25.8 Å². The Kier molecular flexibility index (Phi) is 4.64. The molecule has 2 heterocycles. The maximum Gasteiger partial charge on any atom is 0.235 e. The maximum absolute atomic E-state index is 9.29. The van der Waals surface area contributed by atoms with Crippen LogP contribution in [0.5, 0.6) is 5.88 Å². The normalized spacial score (nSPS) is 18.6. The summed E-state index contributed by atoms with van der Waals surface area (Å²) in [5, 5.41) is 18.4. The third-order valence-electron chi connectivity index (χ3n) is 3.50. The summed E-state index contributed by atoms with van der Waals surface area (Å²) >= 11 is 0. The van der Waals surface area contributed by atoms with Crippen molar-refractivity contribution in [3.8, 4) is 11.9 Å². The summed E-state index contributed by atoms with van der Waals surface area (Å²) in [5.74, 6) is 1.26. The molecule has 1 atom stereocenters. The van der Waals surface area contributed by atoms with Gasteiger partial charge in [-0.05, 0) is 25.7 Å². The van der Waals surface area contributed by atoms with E-state index in [9.17, 15) is 5.11 Å². The zero-order chi connectivity index (χ0) is 14.5. The number of nitriles is 1. The van der Waals surface area contributed by atoms with E-state index in [0.717, 1.165) is 25.9 Å². The molecule has 1 unspecified atom stereocenters. The number of anilines is 2. The highest BCUT2D eigenvalue weighted by Crippen LogP contribution is 2.29. The number of ether oxygens (including phenoxy) is 1. The molecule has 1 aromatic rings. The van der Waals surface area contributed by atoms with E-state index in [1.54, 1.807) is 6.07 Å². The Morgan fingerprint density at radius 2 is 2.45 bits per heavy atom. The van der Waals surface area contributed by atoms with Gasteiger partial charge in [0.15, 0.2) is 0 Å². The van der Waals surface area contributed by atoms with E-state index in [2.05, 4.69) is 9.88 Å². The molecule has 20 heavy (non-hydrogen) atoms. The molecule has 0 bridgehead atoms. The quantitative estimate of drug-likeness (QED) is 0.856. The lowest BCUT2D eigenvalue weighted by Gasteiger charge is -2.33. The van der Waals surface area contributed by atoms with Crippen LogP contribution >= 0.6 is 0 Å².